The summed E-state index contributed by atoms with van der Waals surface area (Å²) in [6.07, 6.45) is 3.95. The first-order valence-corrected chi connectivity index (χ1v) is 17.3. The van der Waals surface area contributed by atoms with E-state index in [0.717, 1.165) is 61.9 Å². The average Bonchev–Trinajstić information content (AvgIpc) is 3.80. The van der Waals surface area contributed by atoms with Gasteiger partial charge in [-0.05, 0) is 42.7 Å². The van der Waals surface area contributed by atoms with Crippen LogP contribution in [0.4, 0.5) is 0 Å². The Morgan fingerprint density at radius 3 is 2.63 bits per heavy atom. The van der Waals surface area contributed by atoms with E-state index in [1.165, 1.54) is 0 Å². The first kappa shape index (κ1) is 32.0. The number of morpholine rings is 1. The third-order valence-corrected chi connectivity index (χ3v) is 10.1. The Labute approximate surface area is 285 Å². The van der Waals surface area contributed by atoms with Gasteiger partial charge in [0, 0.05) is 58.8 Å². The topological polar surface area (TPSA) is 133 Å². The van der Waals surface area contributed by atoms with Crippen LogP contribution < -0.4 is 19.5 Å². The van der Waals surface area contributed by atoms with E-state index in [2.05, 4.69) is 25.4 Å². The van der Waals surface area contributed by atoms with Gasteiger partial charge in [0.15, 0.2) is 11.5 Å². The van der Waals surface area contributed by atoms with Crippen LogP contribution in [-0.2, 0) is 27.4 Å². The van der Waals surface area contributed by atoms with Crippen molar-refractivity contribution in [3.63, 3.8) is 0 Å². The standard InChI is InChI=1S/C35H43N7O7/c43-34-29-22-40(19-24-5-8-31-32(17-24)48-23-47-31)10-11-41(29)35(44)27-3-1-2-4-30(27)46-14-9-26-6-7-28(33(49-26)18-36-34)42-21-25(37-38-42)20-39-12-15-45-16-13-39/h1-5,8,17,21,26,28-29,33H,6-7,9-16,18-20,22-23H2,(H,36,43)/t26-,28+,29-,33+/m0/s1. The van der Waals surface area contributed by atoms with E-state index in [1.54, 1.807) is 11.0 Å². The van der Waals surface area contributed by atoms with E-state index in [-0.39, 0.29) is 43.4 Å². The molecule has 260 valence electrons. The number of para-hydroxylation sites is 1. The molecule has 14 nitrogen and oxygen atoms in total. The van der Waals surface area contributed by atoms with Crippen molar-refractivity contribution in [3.8, 4) is 17.2 Å². The van der Waals surface area contributed by atoms with Crippen molar-refractivity contribution in [2.45, 2.75) is 56.6 Å². The third-order valence-electron chi connectivity index (χ3n) is 10.1. The fourth-order valence-electron chi connectivity index (χ4n) is 7.48. The number of nitrogens with one attached hydrogen (secondary N) is 1. The molecule has 8 rings (SSSR count). The summed E-state index contributed by atoms with van der Waals surface area (Å²) in [6, 6.07) is 12.4. The summed E-state index contributed by atoms with van der Waals surface area (Å²) in [7, 11) is 0. The third kappa shape index (κ3) is 7.09. The number of rotatable bonds is 5. The molecule has 3 fully saturated rings. The van der Waals surface area contributed by atoms with Crippen LogP contribution in [0.15, 0.2) is 48.7 Å². The molecule has 1 aromatic heterocycles. The summed E-state index contributed by atoms with van der Waals surface area (Å²) in [6.45, 7) is 6.82. The van der Waals surface area contributed by atoms with Gasteiger partial charge in [0.2, 0.25) is 12.7 Å². The molecule has 0 spiro atoms. The van der Waals surface area contributed by atoms with E-state index in [4.69, 9.17) is 23.7 Å². The molecule has 2 aromatic carbocycles. The highest BCUT2D eigenvalue weighted by atomic mass is 16.7. The Morgan fingerprint density at radius 1 is 0.837 bits per heavy atom. The van der Waals surface area contributed by atoms with Crippen LogP contribution in [0.2, 0.25) is 0 Å². The maximum absolute atomic E-state index is 14.2. The summed E-state index contributed by atoms with van der Waals surface area (Å²) in [5.74, 6) is 1.55. The van der Waals surface area contributed by atoms with Gasteiger partial charge < -0.3 is 33.9 Å². The van der Waals surface area contributed by atoms with Crippen LogP contribution in [0.3, 0.4) is 0 Å². The lowest BCUT2D eigenvalue weighted by Crippen LogP contribution is -2.61. The van der Waals surface area contributed by atoms with Gasteiger partial charge in [0.25, 0.3) is 5.91 Å². The molecule has 6 heterocycles. The second kappa shape index (κ2) is 14.3. The number of ether oxygens (including phenoxy) is 5. The Kier molecular flexibility index (Phi) is 9.35. The summed E-state index contributed by atoms with van der Waals surface area (Å²) in [5, 5.41) is 12.2. The Balaban J connectivity index is 1.02. The molecule has 0 saturated carbocycles. The molecular formula is C35H43N7O7. The summed E-state index contributed by atoms with van der Waals surface area (Å²) >= 11 is 0. The number of hydrogen-bond acceptors (Lipinski definition) is 11. The van der Waals surface area contributed by atoms with Gasteiger partial charge in [-0.1, -0.05) is 23.4 Å². The van der Waals surface area contributed by atoms with Crippen LogP contribution >= 0.6 is 0 Å². The Morgan fingerprint density at radius 2 is 1.71 bits per heavy atom. The van der Waals surface area contributed by atoms with Crippen LogP contribution in [-0.4, -0.2) is 126 Å². The number of amides is 2. The van der Waals surface area contributed by atoms with Crippen molar-refractivity contribution in [1.29, 1.82) is 0 Å². The number of fused-ring (bicyclic) bond motifs is 5. The van der Waals surface area contributed by atoms with Gasteiger partial charge in [-0.2, -0.15) is 0 Å². The van der Waals surface area contributed by atoms with Crippen LogP contribution in [0, 0.1) is 0 Å². The number of benzene rings is 2. The molecule has 0 radical (unpaired) electrons. The van der Waals surface area contributed by atoms with Crippen molar-refractivity contribution in [1.82, 2.24) is 35.0 Å². The molecule has 1 N–H and O–H groups in total. The van der Waals surface area contributed by atoms with Crippen molar-refractivity contribution in [2.75, 3.05) is 65.9 Å². The van der Waals surface area contributed by atoms with Crippen molar-refractivity contribution in [3.05, 3.63) is 65.5 Å². The molecule has 0 unspecified atom stereocenters. The van der Waals surface area contributed by atoms with Gasteiger partial charge in [-0.25, -0.2) is 4.68 Å². The van der Waals surface area contributed by atoms with Crippen molar-refractivity contribution < 1.29 is 33.3 Å². The summed E-state index contributed by atoms with van der Waals surface area (Å²) in [4.78, 5) is 34.5. The predicted octanol–water partition coefficient (Wildman–Crippen LogP) is 1.85. The first-order chi connectivity index (χ1) is 24.1. The minimum Gasteiger partial charge on any atom is -0.493 e. The van der Waals surface area contributed by atoms with Crippen molar-refractivity contribution in [2.24, 2.45) is 0 Å². The van der Waals surface area contributed by atoms with Crippen LogP contribution in [0.1, 0.15) is 46.9 Å². The number of carbonyl (C=O) groups is 2. The molecule has 5 aliphatic rings. The highest BCUT2D eigenvalue weighted by Gasteiger charge is 2.39. The number of carbonyl (C=O) groups excluding carboxylic acids is 2. The molecular weight excluding hydrogens is 630 g/mol. The highest BCUT2D eigenvalue weighted by molar-refractivity contribution is 6.00. The predicted molar refractivity (Wildman–Crippen MR) is 175 cm³/mol. The largest absolute Gasteiger partial charge is 0.493 e. The number of aromatic nitrogens is 3. The second-order valence-corrected chi connectivity index (χ2v) is 13.3. The monoisotopic (exact) mass is 673 g/mol. The van der Waals surface area contributed by atoms with Gasteiger partial charge in [0.1, 0.15) is 11.8 Å². The summed E-state index contributed by atoms with van der Waals surface area (Å²) < 4.78 is 31.4. The molecule has 4 atom stereocenters. The molecule has 5 aliphatic heterocycles. The fourth-order valence-corrected chi connectivity index (χ4v) is 7.48. The summed E-state index contributed by atoms with van der Waals surface area (Å²) in [5.41, 5.74) is 2.41. The minimum atomic E-state index is -0.712. The second-order valence-electron chi connectivity index (χ2n) is 13.3. The molecule has 3 aromatic rings. The maximum atomic E-state index is 14.2. The van der Waals surface area contributed by atoms with E-state index in [0.29, 0.717) is 57.1 Å². The highest BCUT2D eigenvalue weighted by Crippen LogP contribution is 2.34. The lowest BCUT2D eigenvalue weighted by atomic mass is 9.96. The van der Waals surface area contributed by atoms with Gasteiger partial charge >= 0.3 is 0 Å². The molecule has 49 heavy (non-hydrogen) atoms. The Bertz CT molecular complexity index is 1650. The van der Waals surface area contributed by atoms with Gasteiger partial charge in [-0.3, -0.25) is 19.4 Å². The number of piperazine rings is 1. The fraction of sp³-hybridized carbons (Fsp3) is 0.543. The molecule has 3 saturated heterocycles. The zero-order valence-corrected chi connectivity index (χ0v) is 27.6. The molecule has 14 heteroatoms. The zero-order valence-electron chi connectivity index (χ0n) is 27.6. The molecule has 2 amide bonds. The normalized spacial score (nSPS) is 26.7. The maximum Gasteiger partial charge on any atom is 0.258 e. The molecule has 2 bridgehead atoms. The molecule has 0 aliphatic carbocycles. The smallest absolute Gasteiger partial charge is 0.258 e. The first-order valence-electron chi connectivity index (χ1n) is 17.3. The Hall–Kier alpha value is -4.24. The lowest BCUT2D eigenvalue weighted by Gasteiger charge is -2.41. The van der Waals surface area contributed by atoms with E-state index in [1.807, 2.05) is 47.3 Å². The SMILES string of the molecule is O=C1NC[C@H]2O[C@H](CCOc3ccccc3C(=O)N3CCN(Cc4ccc5c(c4)OCO5)C[C@@H]13)CC[C@H]2n1cc(CN2CCOCC2)nn1. The van der Waals surface area contributed by atoms with Gasteiger partial charge in [-0.15, -0.1) is 5.10 Å². The van der Waals surface area contributed by atoms with E-state index in [9.17, 15) is 9.59 Å². The average molecular weight is 674 g/mol. The van der Waals surface area contributed by atoms with Crippen LogP contribution in [0.5, 0.6) is 17.2 Å². The minimum absolute atomic E-state index is 0.0522. The lowest BCUT2D eigenvalue weighted by molar-refractivity contribution is -0.130. The van der Waals surface area contributed by atoms with Crippen molar-refractivity contribution >= 4 is 11.8 Å². The van der Waals surface area contributed by atoms with Gasteiger partial charge in [0.05, 0.1) is 55.5 Å². The van der Waals surface area contributed by atoms with E-state index >= 15 is 0 Å². The number of hydrogen-bond donors (Lipinski definition) is 1. The zero-order chi connectivity index (χ0) is 33.2. The number of nitrogens with zero attached hydrogens (tertiary/aromatic N) is 6. The quantitative estimate of drug-likeness (QED) is 0.426. The van der Waals surface area contributed by atoms with E-state index < -0.39 is 6.04 Å². The van der Waals surface area contributed by atoms with Crippen LogP contribution in [0.25, 0.3) is 0 Å².